The molecule has 0 aliphatic carbocycles. The number of thiophene rings is 1. The molecule has 0 saturated carbocycles. The van der Waals surface area contributed by atoms with Crippen LogP contribution in [-0.4, -0.2) is 49.7 Å². The van der Waals surface area contributed by atoms with E-state index in [1.54, 1.807) is 29.2 Å². The zero-order chi connectivity index (χ0) is 21.8. The van der Waals surface area contributed by atoms with Gasteiger partial charge in [0.2, 0.25) is 0 Å². The van der Waals surface area contributed by atoms with Gasteiger partial charge < -0.3 is 9.64 Å². The van der Waals surface area contributed by atoms with Gasteiger partial charge in [0.15, 0.2) is 0 Å². The predicted octanol–water partition coefficient (Wildman–Crippen LogP) is 4.13. The largest absolute Gasteiger partial charge is 0.489 e. The molecule has 9 heteroatoms. The van der Waals surface area contributed by atoms with Crippen LogP contribution in [0.2, 0.25) is 4.34 Å². The minimum absolute atomic E-state index is 0.138. The summed E-state index contributed by atoms with van der Waals surface area (Å²) in [4.78, 5) is 14.6. The molecule has 3 aromatic rings. The van der Waals surface area contributed by atoms with E-state index in [1.165, 1.54) is 10.4 Å². The quantitative estimate of drug-likeness (QED) is 0.536. The van der Waals surface area contributed by atoms with Crippen LogP contribution in [0, 0.1) is 0 Å². The van der Waals surface area contributed by atoms with Gasteiger partial charge in [-0.05, 0) is 35.9 Å². The molecule has 1 aliphatic heterocycles. The van der Waals surface area contributed by atoms with Crippen LogP contribution < -0.4 is 4.74 Å². The molecule has 1 saturated heterocycles. The first-order valence-corrected chi connectivity index (χ1v) is 12.4. The van der Waals surface area contributed by atoms with Crippen molar-refractivity contribution in [1.82, 2.24) is 9.21 Å². The van der Waals surface area contributed by atoms with Gasteiger partial charge in [-0.25, -0.2) is 8.42 Å². The average molecular weight is 477 g/mol. The van der Waals surface area contributed by atoms with E-state index in [0.717, 1.165) is 16.9 Å². The first kappa shape index (κ1) is 21.8. The molecule has 0 bridgehead atoms. The lowest BCUT2D eigenvalue weighted by molar-refractivity contribution is 0.0697. The molecule has 0 radical (unpaired) electrons. The van der Waals surface area contributed by atoms with Crippen LogP contribution in [0.15, 0.2) is 70.9 Å². The first-order chi connectivity index (χ1) is 14.9. The number of hydrogen-bond donors (Lipinski definition) is 0. The van der Waals surface area contributed by atoms with Crippen LogP contribution in [-0.2, 0) is 16.6 Å². The molecular formula is C22H21ClN2O4S2. The SMILES string of the molecule is O=C(c1cccc(OCc2ccccc2)c1)N1CCN(S(=O)(=O)c2ccc(Cl)s2)CC1. The monoisotopic (exact) mass is 476 g/mol. The van der Waals surface area contributed by atoms with E-state index in [-0.39, 0.29) is 23.2 Å². The smallest absolute Gasteiger partial charge is 0.254 e. The summed E-state index contributed by atoms with van der Waals surface area (Å²) in [6.07, 6.45) is 0. The second-order valence-electron chi connectivity index (χ2n) is 7.06. The van der Waals surface area contributed by atoms with Gasteiger partial charge in [-0.15, -0.1) is 11.3 Å². The third kappa shape index (κ3) is 5.10. The van der Waals surface area contributed by atoms with Crippen molar-refractivity contribution >= 4 is 38.9 Å². The lowest BCUT2D eigenvalue weighted by Crippen LogP contribution is -2.50. The Labute approximate surface area is 190 Å². The highest BCUT2D eigenvalue weighted by atomic mass is 35.5. The van der Waals surface area contributed by atoms with Crippen molar-refractivity contribution in [2.75, 3.05) is 26.2 Å². The number of benzene rings is 2. The van der Waals surface area contributed by atoms with Crippen LogP contribution in [0.3, 0.4) is 0 Å². The molecule has 1 aliphatic rings. The second-order valence-corrected chi connectivity index (χ2v) is 10.9. The van der Waals surface area contributed by atoms with Crippen LogP contribution in [0.5, 0.6) is 5.75 Å². The molecule has 0 unspecified atom stereocenters. The standard InChI is InChI=1S/C22H21ClN2O4S2/c23-20-9-10-21(30-20)31(27,28)25-13-11-24(12-14-25)22(26)18-7-4-8-19(15-18)29-16-17-5-2-1-3-6-17/h1-10,15H,11-14,16H2. The van der Waals surface area contributed by atoms with E-state index in [1.807, 2.05) is 36.4 Å². The Morgan fingerprint density at radius 1 is 0.968 bits per heavy atom. The highest BCUT2D eigenvalue weighted by Gasteiger charge is 2.31. The lowest BCUT2D eigenvalue weighted by Gasteiger charge is -2.33. The molecule has 2 aromatic carbocycles. The Kier molecular flexibility index (Phi) is 6.62. The van der Waals surface area contributed by atoms with Crippen LogP contribution in [0.25, 0.3) is 0 Å². The average Bonchev–Trinajstić information content (AvgIpc) is 3.25. The maximum absolute atomic E-state index is 12.9. The minimum Gasteiger partial charge on any atom is -0.489 e. The molecule has 6 nitrogen and oxygen atoms in total. The van der Waals surface area contributed by atoms with Gasteiger partial charge in [0, 0.05) is 31.7 Å². The summed E-state index contributed by atoms with van der Waals surface area (Å²) in [5.74, 6) is 0.479. The van der Waals surface area contributed by atoms with Crippen molar-refractivity contribution in [3.8, 4) is 5.75 Å². The number of hydrogen-bond acceptors (Lipinski definition) is 5. The third-order valence-electron chi connectivity index (χ3n) is 5.00. The van der Waals surface area contributed by atoms with E-state index in [4.69, 9.17) is 16.3 Å². The minimum atomic E-state index is -3.59. The number of carbonyl (C=O) groups is 1. The van der Waals surface area contributed by atoms with Crippen molar-refractivity contribution in [3.63, 3.8) is 0 Å². The van der Waals surface area contributed by atoms with Crippen molar-refractivity contribution in [2.45, 2.75) is 10.8 Å². The number of rotatable bonds is 6. The van der Waals surface area contributed by atoms with Crippen molar-refractivity contribution in [1.29, 1.82) is 0 Å². The number of ether oxygens (including phenoxy) is 1. The molecule has 2 heterocycles. The van der Waals surface area contributed by atoms with Crippen molar-refractivity contribution in [2.24, 2.45) is 0 Å². The maximum atomic E-state index is 12.9. The topological polar surface area (TPSA) is 66.9 Å². The number of carbonyl (C=O) groups excluding carboxylic acids is 1. The maximum Gasteiger partial charge on any atom is 0.254 e. The summed E-state index contributed by atoms with van der Waals surface area (Å²) in [6.45, 7) is 1.56. The highest BCUT2D eigenvalue weighted by Crippen LogP contribution is 2.28. The van der Waals surface area contributed by atoms with E-state index in [0.29, 0.717) is 35.3 Å². The number of nitrogens with zero attached hydrogens (tertiary/aromatic N) is 2. The normalized spacial score (nSPS) is 15.1. The summed E-state index contributed by atoms with van der Waals surface area (Å²) in [6, 6.07) is 20.0. The van der Waals surface area contributed by atoms with Gasteiger partial charge >= 0.3 is 0 Å². The lowest BCUT2D eigenvalue weighted by atomic mass is 10.1. The van der Waals surface area contributed by atoms with Gasteiger partial charge in [-0.1, -0.05) is 48.0 Å². The zero-order valence-corrected chi connectivity index (χ0v) is 19.0. The van der Waals surface area contributed by atoms with E-state index in [2.05, 4.69) is 0 Å². The Balaban J connectivity index is 1.37. The van der Waals surface area contributed by atoms with Crippen LogP contribution in [0.4, 0.5) is 0 Å². The Bertz CT molecular complexity index is 1160. The Morgan fingerprint density at radius 3 is 2.39 bits per heavy atom. The zero-order valence-electron chi connectivity index (χ0n) is 16.6. The molecule has 0 N–H and O–H groups in total. The van der Waals surface area contributed by atoms with Gasteiger partial charge in [-0.3, -0.25) is 4.79 Å². The molecular weight excluding hydrogens is 456 g/mol. The molecule has 0 spiro atoms. The second kappa shape index (κ2) is 9.40. The van der Waals surface area contributed by atoms with E-state index in [9.17, 15) is 13.2 Å². The summed E-state index contributed by atoms with van der Waals surface area (Å²) in [7, 11) is -3.59. The molecule has 0 atom stereocenters. The van der Waals surface area contributed by atoms with E-state index >= 15 is 0 Å². The van der Waals surface area contributed by atoms with E-state index < -0.39 is 10.0 Å². The number of sulfonamides is 1. The number of piperazine rings is 1. The Morgan fingerprint density at radius 2 is 1.71 bits per heavy atom. The molecule has 4 rings (SSSR count). The fourth-order valence-corrected chi connectivity index (χ4v) is 6.40. The summed E-state index contributed by atoms with van der Waals surface area (Å²) >= 11 is 6.92. The molecule has 31 heavy (non-hydrogen) atoms. The van der Waals surface area contributed by atoms with Gasteiger partial charge in [0.1, 0.15) is 16.6 Å². The van der Waals surface area contributed by atoms with Gasteiger partial charge in [0.25, 0.3) is 15.9 Å². The number of halogens is 1. The predicted molar refractivity (Wildman–Crippen MR) is 121 cm³/mol. The fourth-order valence-electron chi connectivity index (χ4n) is 3.34. The van der Waals surface area contributed by atoms with Gasteiger partial charge in [-0.2, -0.15) is 4.31 Å². The van der Waals surface area contributed by atoms with Crippen molar-refractivity contribution in [3.05, 3.63) is 82.2 Å². The third-order valence-corrected chi connectivity index (χ3v) is 8.60. The van der Waals surface area contributed by atoms with Crippen molar-refractivity contribution < 1.29 is 17.9 Å². The summed E-state index contributed by atoms with van der Waals surface area (Å²) in [5.41, 5.74) is 1.57. The first-order valence-electron chi connectivity index (χ1n) is 9.75. The molecule has 162 valence electrons. The number of amides is 1. The fraction of sp³-hybridized carbons (Fsp3) is 0.227. The molecule has 1 aromatic heterocycles. The summed E-state index contributed by atoms with van der Waals surface area (Å²) < 4.78 is 33.3. The Hall–Kier alpha value is -2.39. The molecule has 1 amide bonds. The van der Waals surface area contributed by atoms with Crippen LogP contribution >= 0.6 is 22.9 Å². The summed E-state index contributed by atoms with van der Waals surface area (Å²) in [5, 5.41) is 0. The van der Waals surface area contributed by atoms with Gasteiger partial charge in [0.05, 0.1) is 4.34 Å². The van der Waals surface area contributed by atoms with Crippen LogP contribution in [0.1, 0.15) is 15.9 Å². The molecule has 1 fully saturated rings. The highest BCUT2D eigenvalue weighted by molar-refractivity contribution is 7.91.